The van der Waals surface area contributed by atoms with E-state index in [2.05, 4.69) is 0 Å². The monoisotopic (exact) mass is 511 g/mol. The zero-order valence-electron chi connectivity index (χ0n) is 19.7. The van der Waals surface area contributed by atoms with Crippen molar-refractivity contribution in [3.63, 3.8) is 0 Å². The van der Waals surface area contributed by atoms with Crippen molar-refractivity contribution in [1.82, 2.24) is 4.90 Å². The molecular formula is C23H29NO8S2. The van der Waals surface area contributed by atoms with Gasteiger partial charge in [0.1, 0.15) is 17.8 Å². The van der Waals surface area contributed by atoms with Crippen molar-refractivity contribution in [1.29, 1.82) is 0 Å². The number of hydrogen-bond acceptors (Lipinski definition) is 8. The molecule has 1 aliphatic heterocycles. The van der Waals surface area contributed by atoms with Crippen molar-refractivity contribution in [3.8, 4) is 0 Å². The summed E-state index contributed by atoms with van der Waals surface area (Å²) in [6.45, 7) is 8.23. The van der Waals surface area contributed by atoms with Gasteiger partial charge in [0.15, 0.2) is 0 Å². The summed E-state index contributed by atoms with van der Waals surface area (Å²) in [5, 5.41) is 0. The number of carbonyl (C=O) groups excluding carboxylic acids is 1. The van der Waals surface area contributed by atoms with E-state index >= 15 is 0 Å². The van der Waals surface area contributed by atoms with Crippen LogP contribution in [0, 0.1) is 13.8 Å². The van der Waals surface area contributed by atoms with E-state index in [1.54, 1.807) is 45.0 Å². The number of carbonyl (C=O) groups is 1. The van der Waals surface area contributed by atoms with Crippen LogP contribution in [-0.4, -0.2) is 58.7 Å². The topological polar surface area (TPSA) is 116 Å². The molecule has 0 N–H and O–H groups in total. The standard InChI is InChI=1S/C23H29NO8S2/c1-16-6-10-18(11-7-16)33(26,27)31-20-14-24(22(25)30-23(3,4)5)15-21(20)32-34(28,29)19-12-8-17(2)9-13-19/h6-13,20-21H,14-15H2,1-5H3/t20-,21+. The smallest absolute Gasteiger partial charge is 0.410 e. The fourth-order valence-electron chi connectivity index (χ4n) is 3.25. The van der Waals surface area contributed by atoms with Gasteiger partial charge in [-0.2, -0.15) is 16.8 Å². The third-order valence-corrected chi connectivity index (χ3v) is 7.69. The van der Waals surface area contributed by atoms with Gasteiger partial charge < -0.3 is 9.64 Å². The molecule has 0 saturated carbocycles. The third-order valence-electron chi connectivity index (χ3n) is 4.99. The molecule has 1 fully saturated rings. The Morgan fingerprint density at radius 3 is 1.44 bits per heavy atom. The molecule has 2 aromatic carbocycles. The average Bonchev–Trinajstić information content (AvgIpc) is 3.08. The molecule has 1 aliphatic rings. The first-order chi connectivity index (χ1) is 15.7. The Labute approximate surface area is 200 Å². The molecule has 0 aliphatic carbocycles. The summed E-state index contributed by atoms with van der Waals surface area (Å²) in [5.74, 6) is 0. The lowest BCUT2D eigenvalue weighted by Gasteiger charge is -2.24. The van der Waals surface area contributed by atoms with Gasteiger partial charge in [-0.3, -0.25) is 8.37 Å². The first kappa shape index (κ1) is 26.1. The number of ether oxygens (including phenoxy) is 1. The van der Waals surface area contributed by atoms with Crippen LogP contribution in [0.25, 0.3) is 0 Å². The second kappa shape index (κ2) is 9.65. The highest BCUT2D eigenvalue weighted by molar-refractivity contribution is 7.87. The number of aryl methyl sites for hydroxylation is 2. The van der Waals surface area contributed by atoms with E-state index in [0.717, 1.165) is 11.1 Å². The van der Waals surface area contributed by atoms with Gasteiger partial charge in [-0.15, -0.1) is 0 Å². The molecule has 34 heavy (non-hydrogen) atoms. The van der Waals surface area contributed by atoms with E-state index < -0.39 is 44.1 Å². The number of rotatable bonds is 6. The zero-order valence-corrected chi connectivity index (χ0v) is 21.4. The Balaban J connectivity index is 1.87. The highest BCUT2D eigenvalue weighted by Crippen LogP contribution is 2.27. The minimum absolute atomic E-state index is 0.0889. The average molecular weight is 512 g/mol. The van der Waals surface area contributed by atoms with Crippen LogP contribution < -0.4 is 0 Å². The fraction of sp³-hybridized carbons (Fsp3) is 0.435. The Hall–Kier alpha value is -2.47. The van der Waals surface area contributed by atoms with Crippen molar-refractivity contribution < 1.29 is 34.7 Å². The first-order valence-corrected chi connectivity index (χ1v) is 13.5. The number of nitrogens with zero attached hydrogens (tertiary/aromatic N) is 1. The lowest BCUT2D eigenvalue weighted by atomic mass is 10.2. The van der Waals surface area contributed by atoms with Gasteiger partial charge >= 0.3 is 6.09 Å². The SMILES string of the molecule is Cc1ccc(S(=O)(=O)O[C@H]2CN(C(=O)OC(C)(C)C)C[C@H]2OS(=O)(=O)c2ccc(C)cc2)cc1. The molecule has 0 unspecified atom stereocenters. The van der Waals surface area contributed by atoms with Crippen molar-refractivity contribution in [2.75, 3.05) is 13.1 Å². The summed E-state index contributed by atoms with van der Waals surface area (Å²) in [7, 11) is -8.51. The molecule has 0 aromatic heterocycles. The van der Waals surface area contributed by atoms with Gasteiger partial charge in [-0.05, 0) is 58.9 Å². The minimum atomic E-state index is -4.26. The fourth-order valence-corrected chi connectivity index (χ4v) is 5.43. The molecule has 1 amide bonds. The van der Waals surface area contributed by atoms with Crippen molar-refractivity contribution in [2.45, 2.75) is 62.2 Å². The Bertz CT molecular complexity index is 1150. The zero-order chi connectivity index (χ0) is 25.3. The molecular weight excluding hydrogens is 482 g/mol. The third kappa shape index (κ3) is 6.56. The summed E-state index contributed by atoms with van der Waals surface area (Å²) in [5.41, 5.74) is 0.927. The summed E-state index contributed by atoms with van der Waals surface area (Å²) < 4.78 is 67.6. The predicted octanol–water partition coefficient (Wildman–Crippen LogP) is 3.40. The molecule has 1 saturated heterocycles. The van der Waals surface area contributed by atoms with Gasteiger partial charge in [0.05, 0.1) is 22.9 Å². The highest BCUT2D eigenvalue weighted by Gasteiger charge is 2.43. The second-order valence-corrected chi connectivity index (χ2v) is 12.3. The van der Waals surface area contributed by atoms with E-state index in [1.165, 1.54) is 29.2 Å². The van der Waals surface area contributed by atoms with E-state index in [-0.39, 0.29) is 22.9 Å². The molecule has 11 heteroatoms. The normalized spacial score (nSPS) is 19.3. The van der Waals surface area contributed by atoms with Gasteiger partial charge in [-0.25, -0.2) is 4.79 Å². The largest absolute Gasteiger partial charge is 0.444 e. The Kier molecular flexibility index (Phi) is 7.42. The van der Waals surface area contributed by atoms with E-state index in [9.17, 15) is 21.6 Å². The number of likely N-dealkylation sites (tertiary alicyclic amines) is 1. The maximum Gasteiger partial charge on any atom is 0.410 e. The molecule has 1 heterocycles. The van der Waals surface area contributed by atoms with Crippen LogP contribution in [0.2, 0.25) is 0 Å². The Morgan fingerprint density at radius 1 is 0.765 bits per heavy atom. The molecule has 2 aromatic rings. The minimum Gasteiger partial charge on any atom is -0.444 e. The van der Waals surface area contributed by atoms with Crippen LogP contribution >= 0.6 is 0 Å². The predicted molar refractivity (Wildman–Crippen MR) is 124 cm³/mol. The maximum atomic E-state index is 12.9. The van der Waals surface area contributed by atoms with Crippen LogP contribution in [0.4, 0.5) is 4.79 Å². The van der Waals surface area contributed by atoms with Crippen LogP contribution in [-0.2, 0) is 33.3 Å². The van der Waals surface area contributed by atoms with Crippen molar-refractivity contribution >= 4 is 26.3 Å². The summed E-state index contributed by atoms with van der Waals surface area (Å²) in [4.78, 5) is 13.6. The quantitative estimate of drug-likeness (QED) is 0.542. The summed E-state index contributed by atoms with van der Waals surface area (Å²) in [6, 6.07) is 12.0. The molecule has 0 bridgehead atoms. The lowest BCUT2D eigenvalue weighted by molar-refractivity contribution is 0.0271. The van der Waals surface area contributed by atoms with E-state index in [0.29, 0.717) is 0 Å². The van der Waals surface area contributed by atoms with Crippen molar-refractivity contribution in [3.05, 3.63) is 59.7 Å². The van der Waals surface area contributed by atoms with E-state index in [4.69, 9.17) is 13.1 Å². The first-order valence-electron chi connectivity index (χ1n) is 10.6. The van der Waals surface area contributed by atoms with Gasteiger partial charge in [-0.1, -0.05) is 35.4 Å². The lowest BCUT2D eigenvalue weighted by Crippen LogP contribution is -2.36. The maximum absolute atomic E-state index is 12.9. The summed E-state index contributed by atoms with van der Waals surface area (Å²) >= 11 is 0. The number of hydrogen-bond donors (Lipinski definition) is 0. The van der Waals surface area contributed by atoms with Gasteiger partial charge in [0.2, 0.25) is 0 Å². The van der Waals surface area contributed by atoms with Crippen LogP contribution in [0.5, 0.6) is 0 Å². The van der Waals surface area contributed by atoms with Gasteiger partial charge in [0.25, 0.3) is 20.2 Å². The van der Waals surface area contributed by atoms with Crippen molar-refractivity contribution in [2.24, 2.45) is 0 Å². The number of amides is 1. The molecule has 0 spiro atoms. The molecule has 186 valence electrons. The molecule has 2 atom stereocenters. The molecule has 3 rings (SSSR count). The highest BCUT2D eigenvalue weighted by atomic mass is 32.2. The van der Waals surface area contributed by atoms with Gasteiger partial charge in [0, 0.05) is 0 Å². The van der Waals surface area contributed by atoms with Crippen LogP contribution in [0.3, 0.4) is 0 Å². The Morgan fingerprint density at radius 2 is 1.12 bits per heavy atom. The second-order valence-electron chi connectivity index (χ2n) is 9.19. The van der Waals surface area contributed by atoms with Crippen LogP contribution in [0.15, 0.2) is 58.3 Å². The van der Waals surface area contributed by atoms with Crippen LogP contribution in [0.1, 0.15) is 31.9 Å². The van der Waals surface area contributed by atoms with E-state index in [1.807, 2.05) is 13.8 Å². The molecule has 9 nitrogen and oxygen atoms in total. The molecule has 0 radical (unpaired) electrons. The number of benzene rings is 2. The summed E-state index contributed by atoms with van der Waals surface area (Å²) in [6.07, 6.45) is -3.26.